The second kappa shape index (κ2) is 10.9. The third-order valence-corrected chi connectivity index (χ3v) is 6.96. The van der Waals surface area contributed by atoms with Crippen molar-refractivity contribution in [2.45, 2.75) is 31.9 Å². The zero-order chi connectivity index (χ0) is 23.4. The lowest BCUT2D eigenvalue weighted by Crippen LogP contribution is -2.40. The topological polar surface area (TPSA) is 73.1 Å². The number of carbonyl (C=O) groups is 1. The lowest BCUT2D eigenvalue weighted by atomic mass is 9.90. The van der Waals surface area contributed by atoms with E-state index in [0.717, 1.165) is 24.8 Å². The maximum absolute atomic E-state index is 13.0. The Kier molecular flexibility index (Phi) is 7.96. The van der Waals surface area contributed by atoms with E-state index in [1.54, 1.807) is 23.1 Å². The lowest BCUT2D eigenvalue weighted by molar-refractivity contribution is 0.0420. The summed E-state index contributed by atoms with van der Waals surface area (Å²) in [7, 11) is 0. The molecule has 1 fully saturated rings. The highest BCUT2D eigenvalue weighted by molar-refractivity contribution is 6.42. The fraction of sp³-hybridized carbons (Fsp3) is 0.364. The molecule has 4 rings (SSSR count). The Hall–Kier alpha value is -2.06. The van der Waals surface area contributed by atoms with Crippen LogP contribution < -0.4 is 0 Å². The predicted molar refractivity (Wildman–Crippen MR) is 128 cm³/mol. The van der Waals surface area contributed by atoms with Crippen LogP contribution in [0.2, 0.25) is 20.1 Å². The number of benzene rings is 2. The quantitative estimate of drug-likeness (QED) is 0.385. The van der Waals surface area contributed by atoms with E-state index in [2.05, 4.69) is 15.4 Å². The van der Waals surface area contributed by atoms with E-state index in [0.29, 0.717) is 44.7 Å². The number of nitrogens with zero attached hydrogens (tertiary/aromatic N) is 5. The summed E-state index contributed by atoms with van der Waals surface area (Å²) in [4.78, 5) is 16.0. The summed E-state index contributed by atoms with van der Waals surface area (Å²) < 4.78 is 5.85. The zero-order valence-corrected chi connectivity index (χ0v) is 20.5. The summed E-state index contributed by atoms with van der Waals surface area (Å²) in [6.07, 6.45) is 2.85. The highest BCUT2D eigenvalue weighted by atomic mass is 35.5. The number of hydrogen-bond acceptors (Lipinski definition) is 5. The molecular formula is C22H21Cl4N5O2. The summed E-state index contributed by atoms with van der Waals surface area (Å²) in [5.41, 5.74) is 1.77. The Labute approximate surface area is 211 Å². The molecule has 1 unspecified atom stereocenters. The number of ether oxygens (including phenoxy) is 1. The van der Waals surface area contributed by atoms with Gasteiger partial charge in [-0.05, 0) is 60.2 Å². The van der Waals surface area contributed by atoms with Gasteiger partial charge in [0.05, 0.1) is 10.0 Å². The minimum Gasteiger partial charge on any atom is -0.439 e. The number of tetrazole rings is 1. The average Bonchev–Trinajstić information content (AvgIpc) is 3.29. The van der Waals surface area contributed by atoms with Crippen LogP contribution in [0.5, 0.6) is 0 Å². The van der Waals surface area contributed by atoms with Crippen molar-refractivity contribution >= 4 is 52.5 Å². The van der Waals surface area contributed by atoms with Gasteiger partial charge in [-0.25, -0.2) is 4.79 Å². The van der Waals surface area contributed by atoms with Gasteiger partial charge in [0.1, 0.15) is 6.54 Å². The Morgan fingerprint density at radius 1 is 1.03 bits per heavy atom. The standard InChI is InChI=1S/C22H21Cl4N5O2/c23-16-2-3-17(19(25)11-16)21(12-31-28-13-27-29-31)33-22(32)30-7-5-14(6-8-30)9-15-1-4-18(24)20(26)10-15/h1-4,10-11,13-14,21H,5-9,12H2. The Bertz CT molecular complexity index is 1100. The van der Waals surface area contributed by atoms with Crippen molar-refractivity contribution in [2.75, 3.05) is 13.1 Å². The molecule has 0 spiro atoms. The average molecular weight is 529 g/mol. The van der Waals surface area contributed by atoms with Crippen LogP contribution in [0.3, 0.4) is 0 Å². The van der Waals surface area contributed by atoms with Crippen molar-refractivity contribution in [3.8, 4) is 0 Å². The van der Waals surface area contributed by atoms with Gasteiger partial charge < -0.3 is 9.64 Å². The number of piperidine rings is 1. The molecule has 33 heavy (non-hydrogen) atoms. The third-order valence-electron chi connectivity index (χ3n) is 5.65. The molecule has 0 saturated carbocycles. The number of amides is 1. The van der Waals surface area contributed by atoms with E-state index in [1.807, 2.05) is 18.2 Å². The maximum atomic E-state index is 13.0. The van der Waals surface area contributed by atoms with Crippen molar-refractivity contribution in [2.24, 2.45) is 5.92 Å². The second-order valence-electron chi connectivity index (χ2n) is 7.91. The molecule has 3 aromatic rings. The summed E-state index contributed by atoms with van der Waals surface area (Å²) in [5, 5.41) is 13.6. The third kappa shape index (κ3) is 6.29. The summed E-state index contributed by atoms with van der Waals surface area (Å²) >= 11 is 24.5. The summed E-state index contributed by atoms with van der Waals surface area (Å²) in [6.45, 7) is 1.39. The van der Waals surface area contributed by atoms with Crippen LogP contribution in [0.1, 0.15) is 30.1 Å². The van der Waals surface area contributed by atoms with Crippen molar-refractivity contribution < 1.29 is 9.53 Å². The monoisotopic (exact) mass is 527 g/mol. The Balaban J connectivity index is 1.38. The molecule has 1 aromatic heterocycles. The van der Waals surface area contributed by atoms with Crippen molar-refractivity contribution in [1.82, 2.24) is 25.1 Å². The van der Waals surface area contributed by atoms with Crippen molar-refractivity contribution in [3.05, 3.63) is 73.9 Å². The molecule has 0 N–H and O–H groups in total. The minimum absolute atomic E-state index is 0.181. The van der Waals surface area contributed by atoms with E-state index in [4.69, 9.17) is 51.1 Å². The van der Waals surface area contributed by atoms with E-state index in [1.165, 1.54) is 11.1 Å². The molecule has 11 heteroatoms. The van der Waals surface area contributed by atoms with Crippen LogP contribution >= 0.6 is 46.4 Å². The maximum Gasteiger partial charge on any atom is 0.410 e. The molecule has 2 heterocycles. The highest BCUT2D eigenvalue weighted by Crippen LogP contribution is 2.31. The van der Waals surface area contributed by atoms with E-state index < -0.39 is 12.2 Å². The van der Waals surface area contributed by atoms with Crippen LogP contribution in [0.15, 0.2) is 42.7 Å². The van der Waals surface area contributed by atoms with Gasteiger partial charge in [0.2, 0.25) is 0 Å². The molecule has 1 amide bonds. The molecular weight excluding hydrogens is 508 g/mol. The van der Waals surface area contributed by atoms with Crippen LogP contribution in [-0.2, 0) is 17.7 Å². The molecule has 1 aliphatic rings. The molecule has 0 aliphatic carbocycles. The highest BCUT2D eigenvalue weighted by Gasteiger charge is 2.28. The normalized spacial score (nSPS) is 15.5. The number of halogens is 4. The summed E-state index contributed by atoms with van der Waals surface area (Å²) in [5.74, 6) is 0.451. The fourth-order valence-corrected chi connectivity index (χ4v) is 4.75. The van der Waals surface area contributed by atoms with E-state index >= 15 is 0 Å². The Morgan fingerprint density at radius 3 is 2.48 bits per heavy atom. The lowest BCUT2D eigenvalue weighted by Gasteiger charge is -2.32. The van der Waals surface area contributed by atoms with E-state index in [-0.39, 0.29) is 6.54 Å². The molecule has 174 valence electrons. The number of hydrogen-bond donors (Lipinski definition) is 0. The SMILES string of the molecule is O=C(OC(Cn1ncnn1)c1ccc(Cl)cc1Cl)N1CCC(Cc2ccc(Cl)c(Cl)c2)CC1. The van der Waals surface area contributed by atoms with Gasteiger partial charge >= 0.3 is 6.09 Å². The zero-order valence-electron chi connectivity index (χ0n) is 17.5. The van der Waals surface area contributed by atoms with Gasteiger partial charge in [0.25, 0.3) is 0 Å². The van der Waals surface area contributed by atoms with Gasteiger partial charge in [-0.1, -0.05) is 58.5 Å². The van der Waals surface area contributed by atoms with Gasteiger partial charge in [0, 0.05) is 28.7 Å². The molecule has 2 aromatic carbocycles. The Morgan fingerprint density at radius 2 is 1.82 bits per heavy atom. The minimum atomic E-state index is -0.689. The first-order valence-corrected chi connectivity index (χ1v) is 12.0. The van der Waals surface area contributed by atoms with Crippen LogP contribution in [-0.4, -0.2) is 44.3 Å². The van der Waals surface area contributed by atoms with Gasteiger partial charge in [0.15, 0.2) is 12.4 Å². The fourth-order valence-electron chi connectivity index (χ4n) is 3.90. The van der Waals surface area contributed by atoms with Crippen molar-refractivity contribution in [3.63, 3.8) is 0 Å². The van der Waals surface area contributed by atoms with Gasteiger partial charge in [-0.15, -0.1) is 10.2 Å². The number of rotatable bonds is 6. The van der Waals surface area contributed by atoms with E-state index in [9.17, 15) is 4.79 Å². The van der Waals surface area contributed by atoms with Crippen LogP contribution in [0.4, 0.5) is 4.79 Å². The van der Waals surface area contributed by atoms with Gasteiger partial charge in [-0.3, -0.25) is 0 Å². The first-order chi connectivity index (χ1) is 15.9. The molecule has 1 atom stereocenters. The molecule has 0 bridgehead atoms. The number of likely N-dealkylation sites (tertiary alicyclic amines) is 1. The number of carbonyl (C=O) groups excluding carboxylic acids is 1. The molecule has 1 saturated heterocycles. The largest absolute Gasteiger partial charge is 0.439 e. The number of aromatic nitrogens is 4. The molecule has 0 radical (unpaired) electrons. The van der Waals surface area contributed by atoms with Crippen LogP contribution in [0.25, 0.3) is 0 Å². The smallest absolute Gasteiger partial charge is 0.410 e. The first kappa shape index (κ1) is 24.1. The summed E-state index contributed by atoms with van der Waals surface area (Å²) in [6, 6.07) is 10.8. The van der Waals surface area contributed by atoms with Crippen LogP contribution in [0, 0.1) is 5.92 Å². The van der Waals surface area contributed by atoms with Gasteiger partial charge in [-0.2, -0.15) is 4.80 Å². The van der Waals surface area contributed by atoms with Crippen molar-refractivity contribution in [1.29, 1.82) is 0 Å². The first-order valence-electron chi connectivity index (χ1n) is 10.4. The second-order valence-corrected chi connectivity index (χ2v) is 9.57. The predicted octanol–water partition coefficient (Wildman–Crippen LogP) is 6.12. The molecule has 1 aliphatic heterocycles. The molecule has 7 nitrogen and oxygen atoms in total.